The van der Waals surface area contributed by atoms with Crippen molar-refractivity contribution in [1.29, 1.82) is 0 Å². The van der Waals surface area contributed by atoms with Crippen molar-refractivity contribution in [3.05, 3.63) is 23.8 Å². The van der Waals surface area contributed by atoms with Gasteiger partial charge < -0.3 is 24.3 Å². The van der Waals surface area contributed by atoms with Crippen LogP contribution in [0.15, 0.2) is 18.2 Å². The summed E-state index contributed by atoms with van der Waals surface area (Å²) >= 11 is 0. The Kier molecular flexibility index (Phi) is 5.66. The summed E-state index contributed by atoms with van der Waals surface area (Å²) in [6.07, 6.45) is 0. The van der Waals surface area contributed by atoms with Crippen molar-refractivity contribution in [1.82, 2.24) is 4.90 Å². The van der Waals surface area contributed by atoms with Crippen LogP contribution < -0.4 is 9.39 Å². The molecule has 0 unspecified atom stereocenters. The van der Waals surface area contributed by atoms with Gasteiger partial charge in [-0.3, -0.25) is 4.79 Å². The highest BCUT2D eigenvalue weighted by molar-refractivity contribution is 6.34. The van der Waals surface area contributed by atoms with Crippen molar-refractivity contribution in [2.24, 2.45) is 0 Å². The summed E-state index contributed by atoms with van der Waals surface area (Å²) < 4.78 is 9.97. The van der Waals surface area contributed by atoms with Crippen LogP contribution in [-0.2, 0) is 0 Å². The molecule has 0 saturated carbocycles. The third-order valence-electron chi connectivity index (χ3n) is 2.70. The summed E-state index contributed by atoms with van der Waals surface area (Å²) in [7, 11) is -0.552. The number of hydrogen-bond donors (Lipinski definition) is 2. The van der Waals surface area contributed by atoms with Crippen molar-refractivity contribution in [2.45, 2.75) is 13.8 Å². The highest BCUT2D eigenvalue weighted by Crippen LogP contribution is 2.29. The van der Waals surface area contributed by atoms with E-state index < -0.39 is 7.32 Å². The molecule has 19 heavy (non-hydrogen) atoms. The number of nitrogens with zero attached hydrogens (tertiary/aromatic N) is 1. The van der Waals surface area contributed by atoms with Gasteiger partial charge in [-0.25, -0.2) is 0 Å². The molecule has 0 atom stereocenters. The van der Waals surface area contributed by atoms with E-state index in [-0.39, 0.29) is 17.2 Å². The van der Waals surface area contributed by atoms with Gasteiger partial charge in [-0.1, -0.05) is 6.07 Å². The van der Waals surface area contributed by atoms with Crippen LogP contribution in [0.3, 0.4) is 0 Å². The Morgan fingerprint density at radius 2 is 1.84 bits per heavy atom. The molecule has 0 aliphatic heterocycles. The fraction of sp³-hybridized carbons (Fsp3) is 0.417. The number of benzene rings is 1. The minimum absolute atomic E-state index is 0.0752. The maximum Gasteiger partial charge on any atom is 0.707 e. The molecular formula is C12H18BNO5. The molecular weight excluding hydrogens is 249 g/mol. The average molecular weight is 267 g/mol. The topological polar surface area (TPSA) is 79.2 Å². The molecule has 0 aliphatic rings. The van der Waals surface area contributed by atoms with Gasteiger partial charge in [0.1, 0.15) is 17.1 Å². The predicted molar refractivity (Wildman–Crippen MR) is 71.1 cm³/mol. The number of rotatable bonds is 6. The molecule has 0 saturated heterocycles. The van der Waals surface area contributed by atoms with Crippen molar-refractivity contribution in [3.8, 4) is 11.5 Å². The van der Waals surface area contributed by atoms with Gasteiger partial charge in [0, 0.05) is 13.1 Å². The second kappa shape index (κ2) is 7.01. The lowest BCUT2D eigenvalue weighted by atomic mass is 10.1. The number of methoxy groups -OCH3 is 1. The van der Waals surface area contributed by atoms with Crippen LogP contribution in [0.4, 0.5) is 0 Å². The van der Waals surface area contributed by atoms with Gasteiger partial charge in [-0.05, 0) is 26.0 Å². The van der Waals surface area contributed by atoms with Crippen molar-refractivity contribution in [3.63, 3.8) is 0 Å². The Bertz CT molecular complexity index is 434. The normalized spacial score (nSPS) is 9.95. The lowest BCUT2D eigenvalue weighted by molar-refractivity contribution is 0.0767. The van der Waals surface area contributed by atoms with E-state index in [9.17, 15) is 4.79 Å². The van der Waals surface area contributed by atoms with Crippen LogP contribution in [0.25, 0.3) is 0 Å². The SMILES string of the molecule is CCN(CC)C(=O)c1c(OC)cccc1OB(O)O. The third kappa shape index (κ3) is 3.62. The van der Waals surface area contributed by atoms with E-state index in [1.807, 2.05) is 13.8 Å². The summed E-state index contributed by atoms with van der Waals surface area (Å²) in [6.45, 7) is 4.79. The standard InChI is InChI=1S/C12H18BNO5/c1-4-14(5-2)12(15)11-9(18-3)7-6-8-10(11)19-13(16)17/h6-8,16-17H,4-5H2,1-3H3. The smallest absolute Gasteiger partial charge is 0.511 e. The first-order chi connectivity index (χ1) is 9.04. The largest absolute Gasteiger partial charge is 0.707 e. The summed E-state index contributed by atoms with van der Waals surface area (Å²) in [4.78, 5) is 14.0. The molecule has 7 heteroatoms. The third-order valence-corrected chi connectivity index (χ3v) is 2.70. The van der Waals surface area contributed by atoms with Crippen LogP contribution in [0.2, 0.25) is 0 Å². The first kappa shape index (κ1) is 15.3. The molecule has 1 amide bonds. The number of ether oxygens (including phenoxy) is 1. The van der Waals surface area contributed by atoms with Gasteiger partial charge in [0.05, 0.1) is 7.11 Å². The molecule has 1 aromatic rings. The summed E-state index contributed by atoms with van der Waals surface area (Å²) in [5.74, 6) is 0.124. The molecule has 2 N–H and O–H groups in total. The highest BCUT2D eigenvalue weighted by atomic mass is 16.6. The molecule has 1 aromatic carbocycles. The van der Waals surface area contributed by atoms with Crippen LogP contribution in [0, 0.1) is 0 Å². The zero-order valence-corrected chi connectivity index (χ0v) is 11.3. The van der Waals surface area contributed by atoms with E-state index in [4.69, 9.17) is 19.4 Å². The maximum absolute atomic E-state index is 12.4. The first-order valence-corrected chi connectivity index (χ1v) is 6.04. The molecule has 6 nitrogen and oxygen atoms in total. The van der Waals surface area contributed by atoms with Crippen molar-refractivity contribution in [2.75, 3.05) is 20.2 Å². The summed E-state index contributed by atoms with van der Waals surface area (Å²) in [5.41, 5.74) is 0.182. The zero-order valence-electron chi connectivity index (χ0n) is 11.3. The van der Waals surface area contributed by atoms with E-state index >= 15 is 0 Å². The van der Waals surface area contributed by atoms with E-state index in [1.54, 1.807) is 17.0 Å². The molecule has 0 spiro atoms. The van der Waals surface area contributed by atoms with Crippen molar-refractivity contribution < 1.29 is 24.2 Å². The number of amides is 1. The molecule has 0 bridgehead atoms. The summed E-state index contributed by atoms with van der Waals surface area (Å²) in [5, 5.41) is 17.8. The van der Waals surface area contributed by atoms with Gasteiger partial charge >= 0.3 is 7.32 Å². The lowest BCUT2D eigenvalue weighted by Crippen LogP contribution is -2.32. The Hall–Kier alpha value is -1.73. The molecule has 0 radical (unpaired) electrons. The van der Waals surface area contributed by atoms with Crippen LogP contribution in [0.5, 0.6) is 11.5 Å². The summed E-state index contributed by atoms with van der Waals surface area (Å²) in [6, 6.07) is 4.71. The molecule has 0 aromatic heterocycles. The Morgan fingerprint density at radius 3 is 2.32 bits per heavy atom. The number of carbonyl (C=O) groups is 1. The zero-order chi connectivity index (χ0) is 14.4. The van der Waals surface area contributed by atoms with Crippen LogP contribution in [-0.4, -0.2) is 48.4 Å². The van der Waals surface area contributed by atoms with E-state index in [1.165, 1.54) is 13.2 Å². The van der Waals surface area contributed by atoms with Gasteiger partial charge in [0.25, 0.3) is 5.91 Å². The number of carbonyl (C=O) groups excluding carboxylic acids is 1. The van der Waals surface area contributed by atoms with Gasteiger partial charge in [0.2, 0.25) is 0 Å². The van der Waals surface area contributed by atoms with Crippen LogP contribution in [0.1, 0.15) is 24.2 Å². The van der Waals surface area contributed by atoms with Crippen LogP contribution >= 0.6 is 0 Å². The second-order valence-electron chi connectivity index (χ2n) is 3.75. The Morgan fingerprint density at radius 1 is 1.26 bits per heavy atom. The van der Waals surface area contributed by atoms with E-state index in [0.29, 0.717) is 18.8 Å². The predicted octanol–water partition coefficient (Wildman–Crippen LogP) is 0.525. The minimum atomic E-state index is -1.99. The molecule has 0 heterocycles. The molecule has 0 fully saturated rings. The fourth-order valence-electron chi connectivity index (χ4n) is 1.77. The van der Waals surface area contributed by atoms with E-state index in [0.717, 1.165) is 0 Å². The fourth-order valence-corrected chi connectivity index (χ4v) is 1.77. The van der Waals surface area contributed by atoms with Gasteiger partial charge in [-0.15, -0.1) is 0 Å². The van der Waals surface area contributed by atoms with Gasteiger partial charge in [-0.2, -0.15) is 0 Å². The maximum atomic E-state index is 12.4. The lowest BCUT2D eigenvalue weighted by Gasteiger charge is -2.22. The highest BCUT2D eigenvalue weighted by Gasteiger charge is 2.24. The second-order valence-corrected chi connectivity index (χ2v) is 3.75. The molecule has 0 aliphatic carbocycles. The van der Waals surface area contributed by atoms with E-state index in [2.05, 4.69) is 0 Å². The molecule has 104 valence electrons. The average Bonchev–Trinajstić information content (AvgIpc) is 2.38. The molecule has 1 rings (SSSR count). The first-order valence-electron chi connectivity index (χ1n) is 6.04. The monoisotopic (exact) mass is 267 g/mol. The quantitative estimate of drug-likeness (QED) is 0.735. The Labute approximate surface area is 112 Å². The minimum Gasteiger partial charge on any atom is -0.511 e. The number of hydrogen-bond acceptors (Lipinski definition) is 5. The Balaban J connectivity index is 3.24. The van der Waals surface area contributed by atoms with Gasteiger partial charge in [0.15, 0.2) is 0 Å². The van der Waals surface area contributed by atoms with Crippen molar-refractivity contribution >= 4 is 13.2 Å².